The summed E-state index contributed by atoms with van der Waals surface area (Å²) < 4.78 is 0. The second kappa shape index (κ2) is 23.3. The third kappa shape index (κ3) is 13.1. The first-order valence-electron chi connectivity index (χ1n) is 22.1. The van der Waals surface area contributed by atoms with Crippen LogP contribution in [0.25, 0.3) is 21.8 Å². The van der Waals surface area contributed by atoms with Crippen molar-refractivity contribution >= 4 is 79.8 Å². The summed E-state index contributed by atoms with van der Waals surface area (Å²) in [5, 5.41) is 7.30. The highest BCUT2D eigenvalue weighted by atomic mass is 35.5. The van der Waals surface area contributed by atoms with Gasteiger partial charge in [-0.1, -0.05) is 119 Å². The van der Waals surface area contributed by atoms with Crippen molar-refractivity contribution in [2.24, 2.45) is 0 Å². The molecule has 2 fully saturated rings. The maximum Gasteiger partial charge on any atom is 0.258 e. The molecule has 0 unspecified atom stereocenters. The molecule has 8 aromatic rings. The Morgan fingerprint density at radius 3 is 1.22 bits per heavy atom. The summed E-state index contributed by atoms with van der Waals surface area (Å²) in [6.45, 7) is 8.88. The molecule has 10 rings (SSSR count). The van der Waals surface area contributed by atoms with Crippen LogP contribution in [0.5, 0.6) is 0 Å². The molecular weight excluding hydrogens is 946 g/mol. The van der Waals surface area contributed by atoms with Crippen LogP contribution in [0, 0.1) is 0 Å². The molecule has 2 aliphatic heterocycles. The second-order valence-electron chi connectivity index (χ2n) is 16.4. The Hall–Kier alpha value is -5.11. The van der Waals surface area contributed by atoms with E-state index in [9.17, 15) is 9.59 Å². The Balaban J connectivity index is 0.000000150. The molecular formula is C52H49Cl5N8O2. The lowest BCUT2D eigenvalue weighted by molar-refractivity contribution is 0.103. The fourth-order valence-corrected chi connectivity index (χ4v) is 9.05. The highest BCUT2D eigenvalue weighted by Crippen LogP contribution is 2.32. The van der Waals surface area contributed by atoms with Gasteiger partial charge in [0.15, 0.2) is 0 Å². The zero-order valence-electron chi connectivity index (χ0n) is 36.5. The highest BCUT2D eigenvalue weighted by molar-refractivity contribution is 6.31. The number of aromatic nitrogens is 4. The topological polar surface area (TPSA) is 113 Å². The number of aromatic amines is 2. The number of hydrogen-bond donors (Lipinski definition) is 3. The number of benzene rings is 6. The van der Waals surface area contributed by atoms with Gasteiger partial charge in [0, 0.05) is 72.4 Å². The van der Waals surface area contributed by atoms with Gasteiger partial charge in [-0.05, 0) is 95.1 Å². The molecule has 2 aromatic heterocycles. The predicted molar refractivity (Wildman–Crippen MR) is 275 cm³/mol. The van der Waals surface area contributed by atoms with Gasteiger partial charge < -0.3 is 15.3 Å². The fraction of sp³-hybridized carbons (Fsp3) is 0.231. The quantitative estimate of drug-likeness (QED) is 0.123. The molecule has 0 radical (unpaired) electrons. The number of alkyl halides is 1. The molecule has 2 aliphatic rings. The molecule has 0 atom stereocenters. The van der Waals surface area contributed by atoms with Gasteiger partial charge in [-0.3, -0.25) is 24.3 Å². The normalized spacial score (nSPS) is 14.7. The van der Waals surface area contributed by atoms with E-state index in [1.165, 1.54) is 11.1 Å². The minimum Gasteiger partial charge on any atom is -0.314 e. The van der Waals surface area contributed by atoms with Gasteiger partial charge in [0.05, 0.1) is 46.3 Å². The van der Waals surface area contributed by atoms with Crippen LogP contribution in [-0.4, -0.2) is 87.0 Å². The van der Waals surface area contributed by atoms with E-state index in [0.717, 1.165) is 90.4 Å². The second-order valence-corrected chi connectivity index (χ2v) is 18.6. The van der Waals surface area contributed by atoms with E-state index in [1.54, 1.807) is 12.1 Å². The molecule has 0 spiro atoms. The Morgan fingerprint density at radius 1 is 0.463 bits per heavy atom. The molecule has 10 nitrogen and oxygen atoms in total. The summed E-state index contributed by atoms with van der Waals surface area (Å²) in [6, 6.07) is 46.2. The molecule has 3 N–H and O–H groups in total. The van der Waals surface area contributed by atoms with E-state index in [-0.39, 0.29) is 22.5 Å². The van der Waals surface area contributed by atoms with E-state index >= 15 is 0 Å². The van der Waals surface area contributed by atoms with Gasteiger partial charge in [0.25, 0.3) is 11.1 Å². The largest absolute Gasteiger partial charge is 0.314 e. The molecule has 4 heterocycles. The Morgan fingerprint density at radius 2 is 0.821 bits per heavy atom. The van der Waals surface area contributed by atoms with E-state index in [0.29, 0.717) is 39.7 Å². The van der Waals surface area contributed by atoms with Crippen LogP contribution in [0.4, 0.5) is 0 Å². The number of piperazine rings is 2. The van der Waals surface area contributed by atoms with Crippen LogP contribution >= 0.6 is 58.0 Å². The number of fused-ring (bicyclic) bond motifs is 2. The van der Waals surface area contributed by atoms with Gasteiger partial charge in [-0.15, -0.1) is 11.6 Å². The van der Waals surface area contributed by atoms with Crippen molar-refractivity contribution in [1.29, 1.82) is 0 Å². The summed E-state index contributed by atoms with van der Waals surface area (Å²) in [5.41, 5.74) is 5.82. The maximum atomic E-state index is 12.4. The number of halogens is 5. The van der Waals surface area contributed by atoms with Crippen molar-refractivity contribution in [3.8, 4) is 0 Å². The minimum absolute atomic E-state index is 0.0502. The van der Waals surface area contributed by atoms with Gasteiger partial charge in [-0.25, -0.2) is 9.97 Å². The van der Waals surface area contributed by atoms with Crippen molar-refractivity contribution in [2.75, 3.05) is 52.4 Å². The third-order valence-corrected chi connectivity index (χ3v) is 13.3. The first-order chi connectivity index (χ1) is 32.6. The van der Waals surface area contributed by atoms with E-state index in [1.807, 2.05) is 109 Å². The molecule has 344 valence electrons. The molecule has 0 saturated carbocycles. The molecule has 15 heteroatoms. The Labute approximate surface area is 414 Å². The predicted octanol–water partition coefficient (Wildman–Crippen LogP) is 10.8. The minimum atomic E-state index is -0.172. The van der Waals surface area contributed by atoms with Crippen LogP contribution in [0.1, 0.15) is 45.3 Å². The van der Waals surface area contributed by atoms with Gasteiger partial charge >= 0.3 is 0 Å². The van der Waals surface area contributed by atoms with Gasteiger partial charge in [0.1, 0.15) is 11.6 Å². The highest BCUT2D eigenvalue weighted by Gasteiger charge is 2.27. The van der Waals surface area contributed by atoms with E-state index < -0.39 is 0 Å². The smallest absolute Gasteiger partial charge is 0.258 e. The summed E-state index contributed by atoms with van der Waals surface area (Å²) >= 11 is 30.3. The Kier molecular flexibility index (Phi) is 16.8. The first-order valence-corrected chi connectivity index (χ1v) is 24.0. The lowest BCUT2D eigenvalue weighted by atomic mass is 9.96. The lowest BCUT2D eigenvalue weighted by Crippen LogP contribution is -2.47. The molecule has 0 amide bonds. The van der Waals surface area contributed by atoms with E-state index in [4.69, 9.17) is 58.0 Å². The van der Waals surface area contributed by atoms with Crippen molar-refractivity contribution in [3.63, 3.8) is 0 Å². The number of nitrogens with zero attached hydrogens (tertiary/aromatic N) is 5. The van der Waals surface area contributed by atoms with Crippen LogP contribution in [0.3, 0.4) is 0 Å². The van der Waals surface area contributed by atoms with Crippen molar-refractivity contribution in [2.45, 2.75) is 24.5 Å². The lowest BCUT2D eigenvalue weighted by Gasteiger charge is -2.39. The van der Waals surface area contributed by atoms with Crippen molar-refractivity contribution < 1.29 is 0 Å². The van der Waals surface area contributed by atoms with Crippen LogP contribution < -0.4 is 16.4 Å². The monoisotopic (exact) mass is 992 g/mol. The number of nitrogens with one attached hydrogen (secondary N) is 3. The Bertz CT molecular complexity index is 2880. The fourth-order valence-electron chi connectivity index (χ4n) is 8.25. The van der Waals surface area contributed by atoms with Crippen molar-refractivity contribution in [1.82, 2.24) is 40.0 Å². The molecule has 0 aliphatic carbocycles. The molecule has 0 bridgehead atoms. The number of rotatable bonds is 9. The van der Waals surface area contributed by atoms with Crippen molar-refractivity contribution in [3.05, 3.63) is 220 Å². The third-order valence-electron chi connectivity index (χ3n) is 11.7. The molecule has 6 aromatic carbocycles. The first kappa shape index (κ1) is 48.4. The average molecular weight is 995 g/mol. The van der Waals surface area contributed by atoms with Crippen LogP contribution in [0.15, 0.2) is 155 Å². The summed E-state index contributed by atoms with van der Waals surface area (Å²) in [5.74, 6) is 1.46. The number of H-pyrrole nitrogens is 2. The van der Waals surface area contributed by atoms with Gasteiger partial charge in [-0.2, -0.15) is 0 Å². The standard InChI is InChI=1S/C26H24Cl2N4O.C13H9Cl3.C13H16N4O/c27-20-9-5-18(6-10-20)25(19-7-11-21(28)12-8-19)32-15-13-31(14-16-32)17-24-29-23-4-2-1-3-22(23)26(33)30-24;14-11-5-1-9(2-6-11)13(16)10-3-7-12(15)8-4-10;18-13-10-3-1-2-4-11(10)15-12(16-13)9-17-7-5-14-6-8-17/h1-12,25H,13-17H2,(H,29,30,33);1-8,13H;1-4,14H,5-9H2,(H,15,16,18). The van der Waals surface area contributed by atoms with Crippen LogP contribution in [-0.2, 0) is 13.1 Å². The van der Waals surface area contributed by atoms with Crippen LogP contribution in [0.2, 0.25) is 20.1 Å². The SMILES string of the molecule is Clc1ccc(C(Cl)c2ccc(Cl)cc2)cc1.O=c1[nH]c(CN2CCN(C(c3ccc(Cl)cc3)c3ccc(Cl)cc3)CC2)nc2ccccc12.O=c1[nH]c(CN2CCNCC2)nc2ccccc12. The molecule has 67 heavy (non-hydrogen) atoms. The maximum absolute atomic E-state index is 12.4. The summed E-state index contributed by atoms with van der Waals surface area (Å²) in [4.78, 5) is 46.4. The average Bonchev–Trinajstić information content (AvgIpc) is 3.34. The number of para-hydroxylation sites is 2. The zero-order valence-corrected chi connectivity index (χ0v) is 40.3. The zero-order chi connectivity index (χ0) is 46.7. The van der Waals surface area contributed by atoms with Gasteiger partial charge in [0.2, 0.25) is 0 Å². The summed E-state index contributed by atoms with van der Waals surface area (Å²) in [7, 11) is 0. The summed E-state index contributed by atoms with van der Waals surface area (Å²) in [6.07, 6.45) is 0. The number of hydrogen-bond acceptors (Lipinski definition) is 8. The molecule has 2 saturated heterocycles. The van der Waals surface area contributed by atoms with E-state index in [2.05, 4.69) is 64.2 Å².